The van der Waals surface area contributed by atoms with Crippen molar-refractivity contribution in [3.8, 4) is 23.0 Å². The zero-order chi connectivity index (χ0) is 21.6. The third kappa shape index (κ3) is 5.02. The number of hydrogen-bond acceptors (Lipinski definition) is 6. The van der Waals surface area contributed by atoms with E-state index in [0.29, 0.717) is 46.4 Å². The Hall–Kier alpha value is -3.15. The van der Waals surface area contributed by atoms with Crippen molar-refractivity contribution in [2.45, 2.75) is 20.8 Å². The van der Waals surface area contributed by atoms with E-state index in [2.05, 4.69) is 0 Å². The second kappa shape index (κ2) is 9.87. The second-order valence-corrected chi connectivity index (χ2v) is 6.72. The summed E-state index contributed by atoms with van der Waals surface area (Å²) >= 11 is 0. The molecular formula is C23H29NO5. The van der Waals surface area contributed by atoms with Gasteiger partial charge in [0.25, 0.3) is 0 Å². The van der Waals surface area contributed by atoms with Crippen LogP contribution in [0.25, 0.3) is 6.08 Å². The van der Waals surface area contributed by atoms with Crippen molar-refractivity contribution in [2.75, 3.05) is 33.7 Å². The maximum Gasteiger partial charge on any atom is 0.193 e. The minimum absolute atomic E-state index is 0.0200. The van der Waals surface area contributed by atoms with Crippen LogP contribution < -0.4 is 24.7 Å². The van der Waals surface area contributed by atoms with Gasteiger partial charge in [-0.05, 0) is 42.7 Å². The van der Waals surface area contributed by atoms with Crippen molar-refractivity contribution >= 4 is 17.5 Å². The van der Waals surface area contributed by atoms with E-state index in [1.54, 1.807) is 18.2 Å². The van der Waals surface area contributed by atoms with Gasteiger partial charge in [0.15, 0.2) is 17.3 Å². The number of methoxy groups -OCH3 is 3. The molecule has 2 aromatic rings. The summed E-state index contributed by atoms with van der Waals surface area (Å²) in [7, 11) is 4.59. The third-order valence-corrected chi connectivity index (χ3v) is 4.49. The van der Waals surface area contributed by atoms with Gasteiger partial charge in [-0.25, -0.2) is 0 Å². The highest BCUT2D eigenvalue weighted by Gasteiger charge is 2.22. The Morgan fingerprint density at radius 1 is 0.966 bits per heavy atom. The molecule has 0 aromatic heterocycles. The summed E-state index contributed by atoms with van der Waals surface area (Å²) in [6.07, 6.45) is 1.85. The van der Waals surface area contributed by atoms with E-state index in [1.165, 1.54) is 21.3 Å². The number of ether oxygens (including phenoxy) is 4. The van der Waals surface area contributed by atoms with Crippen LogP contribution in [0.4, 0.5) is 5.69 Å². The maximum absolute atomic E-state index is 13.4. The first-order chi connectivity index (χ1) is 13.9. The molecule has 6 heteroatoms. The summed E-state index contributed by atoms with van der Waals surface area (Å²) < 4.78 is 21.7. The molecule has 0 saturated carbocycles. The Kier molecular flexibility index (Phi) is 7.53. The Labute approximate surface area is 172 Å². The van der Waals surface area contributed by atoms with Gasteiger partial charge in [0.1, 0.15) is 11.5 Å². The van der Waals surface area contributed by atoms with E-state index < -0.39 is 0 Å². The van der Waals surface area contributed by atoms with E-state index >= 15 is 0 Å². The lowest BCUT2D eigenvalue weighted by atomic mass is 9.91. The highest BCUT2D eigenvalue weighted by molar-refractivity contribution is 6.13. The number of nitrogen functional groups attached to an aromatic ring is 1. The second-order valence-electron chi connectivity index (χ2n) is 6.72. The molecule has 2 rings (SSSR count). The number of anilines is 1. The monoisotopic (exact) mass is 399 g/mol. The summed E-state index contributed by atoms with van der Waals surface area (Å²) in [5, 5.41) is 0. The first kappa shape index (κ1) is 22.1. The fourth-order valence-electron chi connectivity index (χ4n) is 2.96. The molecule has 0 aliphatic carbocycles. The number of rotatable bonds is 9. The average molecular weight is 399 g/mol. The molecule has 0 aliphatic heterocycles. The van der Waals surface area contributed by atoms with Crippen LogP contribution in [0, 0.1) is 5.92 Å². The number of carbonyl (C=O) groups is 1. The lowest BCUT2D eigenvalue weighted by Gasteiger charge is -2.16. The third-order valence-electron chi connectivity index (χ3n) is 4.49. The summed E-state index contributed by atoms with van der Waals surface area (Å²) in [5.74, 6) is 1.81. The summed E-state index contributed by atoms with van der Waals surface area (Å²) in [6.45, 7) is 6.35. The fraction of sp³-hybridized carbons (Fsp3) is 0.348. The van der Waals surface area contributed by atoms with E-state index in [9.17, 15) is 4.79 Å². The molecule has 29 heavy (non-hydrogen) atoms. The van der Waals surface area contributed by atoms with Gasteiger partial charge in [-0.3, -0.25) is 4.79 Å². The molecule has 156 valence electrons. The molecule has 0 atom stereocenters. The lowest BCUT2D eigenvalue weighted by molar-refractivity contribution is 0.102. The highest BCUT2D eigenvalue weighted by atomic mass is 16.5. The maximum atomic E-state index is 13.4. The van der Waals surface area contributed by atoms with Crippen LogP contribution in [0.1, 0.15) is 36.7 Å². The molecule has 0 amide bonds. The molecule has 0 saturated heterocycles. The highest BCUT2D eigenvalue weighted by Crippen LogP contribution is 2.37. The zero-order valence-corrected chi connectivity index (χ0v) is 17.9. The summed E-state index contributed by atoms with van der Waals surface area (Å²) in [6, 6.07) is 8.77. The zero-order valence-electron chi connectivity index (χ0n) is 17.9. The van der Waals surface area contributed by atoms with Crippen molar-refractivity contribution in [3.05, 3.63) is 47.0 Å². The van der Waals surface area contributed by atoms with E-state index in [0.717, 1.165) is 5.56 Å². The van der Waals surface area contributed by atoms with Crippen LogP contribution in [0.2, 0.25) is 0 Å². The van der Waals surface area contributed by atoms with Crippen LogP contribution in [0.15, 0.2) is 35.9 Å². The van der Waals surface area contributed by atoms with Crippen LogP contribution in [0.5, 0.6) is 23.0 Å². The smallest absolute Gasteiger partial charge is 0.193 e. The first-order valence-electron chi connectivity index (χ1n) is 9.44. The number of allylic oxidation sites excluding steroid dienone is 1. The number of hydrogen-bond donors (Lipinski definition) is 1. The molecule has 0 fully saturated rings. The van der Waals surface area contributed by atoms with Gasteiger partial charge in [0.2, 0.25) is 0 Å². The predicted molar refractivity (Wildman–Crippen MR) is 115 cm³/mol. The molecule has 0 bridgehead atoms. The van der Waals surface area contributed by atoms with Crippen molar-refractivity contribution in [1.82, 2.24) is 0 Å². The molecule has 2 N–H and O–H groups in total. The van der Waals surface area contributed by atoms with Crippen LogP contribution in [-0.4, -0.2) is 33.7 Å². The fourth-order valence-corrected chi connectivity index (χ4v) is 2.96. The standard InChI is InChI=1S/C23H29NO5/c1-7-29-20-11-15(8-9-18(20)24)10-16(14(2)3)23(25)17-12-21(27-5)22(28-6)13-19(17)26-4/h8-14H,7,24H2,1-6H3. The van der Waals surface area contributed by atoms with Gasteiger partial charge in [0.05, 0.1) is 39.2 Å². The van der Waals surface area contributed by atoms with Crippen LogP contribution in [-0.2, 0) is 0 Å². The van der Waals surface area contributed by atoms with Gasteiger partial charge in [0, 0.05) is 11.6 Å². The van der Waals surface area contributed by atoms with Gasteiger partial charge >= 0.3 is 0 Å². The topological polar surface area (TPSA) is 80.0 Å². The summed E-state index contributed by atoms with van der Waals surface area (Å²) in [4.78, 5) is 13.4. The molecular weight excluding hydrogens is 370 g/mol. The Morgan fingerprint density at radius 3 is 2.14 bits per heavy atom. The average Bonchev–Trinajstić information content (AvgIpc) is 2.72. The number of ketones is 1. The Balaban J connectivity index is 2.55. The molecule has 0 radical (unpaired) electrons. The molecule has 0 spiro atoms. The summed E-state index contributed by atoms with van der Waals surface area (Å²) in [5.41, 5.74) is 8.39. The van der Waals surface area contributed by atoms with Gasteiger partial charge in [-0.1, -0.05) is 19.9 Å². The van der Waals surface area contributed by atoms with Crippen molar-refractivity contribution in [3.63, 3.8) is 0 Å². The molecule has 0 heterocycles. The largest absolute Gasteiger partial charge is 0.496 e. The number of carbonyl (C=O) groups excluding carboxylic acids is 1. The molecule has 0 aliphatic rings. The molecule has 2 aromatic carbocycles. The SMILES string of the molecule is CCOc1cc(C=C(C(=O)c2cc(OC)c(OC)cc2OC)C(C)C)ccc1N. The van der Waals surface area contributed by atoms with Crippen LogP contribution >= 0.6 is 0 Å². The van der Waals surface area contributed by atoms with E-state index in [-0.39, 0.29) is 11.7 Å². The number of Topliss-reactive ketones (excluding diaryl/α,β-unsaturated/α-hetero) is 1. The number of benzene rings is 2. The van der Waals surface area contributed by atoms with Gasteiger partial charge < -0.3 is 24.7 Å². The number of nitrogens with two attached hydrogens (primary N) is 1. The molecule has 6 nitrogen and oxygen atoms in total. The lowest BCUT2D eigenvalue weighted by Crippen LogP contribution is -2.11. The van der Waals surface area contributed by atoms with Crippen molar-refractivity contribution in [1.29, 1.82) is 0 Å². The minimum atomic E-state index is -0.146. The Morgan fingerprint density at radius 2 is 1.59 bits per heavy atom. The van der Waals surface area contributed by atoms with Crippen molar-refractivity contribution in [2.24, 2.45) is 5.92 Å². The first-order valence-corrected chi connectivity index (χ1v) is 9.44. The van der Waals surface area contributed by atoms with E-state index in [4.69, 9.17) is 24.7 Å². The van der Waals surface area contributed by atoms with Crippen molar-refractivity contribution < 1.29 is 23.7 Å². The van der Waals surface area contributed by atoms with Crippen LogP contribution in [0.3, 0.4) is 0 Å². The van der Waals surface area contributed by atoms with E-state index in [1.807, 2.05) is 39.0 Å². The molecule has 0 unspecified atom stereocenters. The predicted octanol–water partition coefficient (Wildman–Crippen LogP) is 4.62. The van der Waals surface area contributed by atoms with Gasteiger partial charge in [-0.2, -0.15) is 0 Å². The minimum Gasteiger partial charge on any atom is -0.496 e. The Bertz CT molecular complexity index is 902. The van der Waals surface area contributed by atoms with Gasteiger partial charge in [-0.15, -0.1) is 0 Å². The quantitative estimate of drug-likeness (QED) is 0.377. The normalized spacial score (nSPS) is 11.3.